The Morgan fingerprint density at radius 3 is 2.93 bits per heavy atom. The summed E-state index contributed by atoms with van der Waals surface area (Å²) in [6, 6.07) is 5.37. The number of primary amides is 1. The fraction of sp³-hybridized carbons (Fsp3) is 0. The Bertz CT molecular complexity index is 379. The number of hydrogen-bond acceptors (Lipinski definition) is 2. The first-order valence-corrected chi connectivity index (χ1v) is 4.94. The zero-order chi connectivity index (χ0) is 10.6. The molecule has 74 valence electrons. The molecular weight excluding hydrogens is 267 g/mol. The molecule has 0 aliphatic rings. The number of hydrogen-bond donors (Lipinski definition) is 2. The largest absolute Gasteiger partial charge is 0.366 e. The molecule has 0 aromatic heterocycles. The van der Waals surface area contributed by atoms with Gasteiger partial charge in [-0.1, -0.05) is 27.5 Å². The van der Waals surface area contributed by atoms with E-state index in [0.717, 1.165) is 4.47 Å². The van der Waals surface area contributed by atoms with Gasteiger partial charge in [-0.2, -0.15) is 0 Å². The molecule has 0 heterocycles. The highest BCUT2D eigenvalue weighted by molar-refractivity contribution is 9.10. The Hall–Kier alpha value is -1.000. The number of benzene rings is 1. The van der Waals surface area contributed by atoms with Crippen LogP contribution in [0.4, 0.5) is 5.69 Å². The molecule has 1 aromatic carbocycles. The van der Waals surface area contributed by atoms with Crippen LogP contribution in [-0.2, 0) is 4.79 Å². The number of rotatable bonds is 3. The maximum absolute atomic E-state index is 10.4. The van der Waals surface area contributed by atoms with Gasteiger partial charge in [-0.3, -0.25) is 4.79 Å². The lowest BCUT2D eigenvalue weighted by Crippen LogP contribution is -2.06. The fourth-order valence-corrected chi connectivity index (χ4v) is 1.35. The van der Waals surface area contributed by atoms with Crippen molar-refractivity contribution in [3.05, 3.63) is 40.0 Å². The Kier molecular flexibility index (Phi) is 3.98. The molecule has 0 unspecified atom stereocenters. The Labute approximate surface area is 95.1 Å². The molecule has 0 bridgehead atoms. The molecule has 0 aliphatic heterocycles. The highest BCUT2D eigenvalue weighted by Gasteiger charge is 1.97. The average Bonchev–Trinajstić information content (AvgIpc) is 2.10. The number of nitrogens with one attached hydrogen (secondary N) is 1. The molecule has 0 atom stereocenters. The second-order valence-corrected chi connectivity index (χ2v) is 3.83. The van der Waals surface area contributed by atoms with Crippen LogP contribution in [0.2, 0.25) is 5.02 Å². The van der Waals surface area contributed by atoms with Gasteiger partial charge >= 0.3 is 0 Å². The summed E-state index contributed by atoms with van der Waals surface area (Å²) < 4.78 is 0.900. The molecule has 5 heteroatoms. The number of amides is 1. The summed E-state index contributed by atoms with van der Waals surface area (Å²) in [7, 11) is 0. The van der Waals surface area contributed by atoms with Crippen molar-refractivity contribution in [3.8, 4) is 0 Å². The van der Waals surface area contributed by atoms with E-state index in [1.54, 1.807) is 12.1 Å². The van der Waals surface area contributed by atoms with E-state index in [4.69, 9.17) is 17.3 Å². The van der Waals surface area contributed by atoms with Crippen molar-refractivity contribution in [2.75, 3.05) is 5.32 Å². The zero-order valence-electron chi connectivity index (χ0n) is 7.13. The SMILES string of the molecule is NC(=O)C=CNc1cc(Br)ccc1Cl. The number of halogens is 2. The van der Waals surface area contributed by atoms with Gasteiger partial charge in [-0.05, 0) is 18.2 Å². The molecule has 14 heavy (non-hydrogen) atoms. The van der Waals surface area contributed by atoms with Crippen molar-refractivity contribution >= 4 is 39.1 Å². The molecule has 0 saturated heterocycles. The number of carbonyl (C=O) groups is 1. The van der Waals surface area contributed by atoms with Crippen molar-refractivity contribution in [1.29, 1.82) is 0 Å². The van der Waals surface area contributed by atoms with Gasteiger partial charge in [-0.25, -0.2) is 0 Å². The lowest BCUT2D eigenvalue weighted by atomic mass is 10.3. The van der Waals surface area contributed by atoms with Crippen LogP contribution in [0.3, 0.4) is 0 Å². The monoisotopic (exact) mass is 274 g/mol. The van der Waals surface area contributed by atoms with Crippen LogP contribution in [0.15, 0.2) is 34.9 Å². The summed E-state index contributed by atoms with van der Waals surface area (Å²) in [5.74, 6) is -0.511. The van der Waals surface area contributed by atoms with E-state index in [0.29, 0.717) is 10.7 Å². The Morgan fingerprint density at radius 2 is 2.29 bits per heavy atom. The van der Waals surface area contributed by atoms with Gasteiger partial charge in [0, 0.05) is 16.7 Å². The van der Waals surface area contributed by atoms with Gasteiger partial charge in [0.1, 0.15) is 0 Å². The van der Waals surface area contributed by atoms with E-state index < -0.39 is 5.91 Å². The predicted molar refractivity (Wildman–Crippen MR) is 61.1 cm³/mol. The first-order valence-electron chi connectivity index (χ1n) is 3.77. The third kappa shape index (κ3) is 3.40. The minimum absolute atomic E-state index is 0.511. The van der Waals surface area contributed by atoms with E-state index in [1.807, 2.05) is 6.07 Å². The molecule has 3 nitrogen and oxygen atoms in total. The van der Waals surface area contributed by atoms with E-state index >= 15 is 0 Å². The average molecular weight is 276 g/mol. The quantitative estimate of drug-likeness (QED) is 0.833. The first kappa shape index (κ1) is 11.1. The lowest BCUT2D eigenvalue weighted by molar-refractivity contribution is -0.113. The van der Waals surface area contributed by atoms with Crippen LogP contribution < -0.4 is 11.1 Å². The standard InChI is InChI=1S/C9H8BrClN2O/c10-6-1-2-7(11)8(5-6)13-4-3-9(12)14/h1-5,13H,(H2,12,14). The van der Waals surface area contributed by atoms with Crippen LogP contribution in [0.5, 0.6) is 0 Å². The van der Waals surface area contributed by atoms with Crippen LogP contribution in [-0.4, -0.2) is 5.91 Å². The van der Waals surface area contributed by atoms with Gasteiger partial charge in [0.25, 0.3) is 0 Å². The van der Waals surface area contributed by atoms with Crippen LogP contribution in [0.1, 0.15) is 0 Å². The van der Waals surface area contributed by atoms with Crippen molar-refractivity contribution in [2.45, 2.75) is 0 Å². The third-order valence-corrected chi connectivity index (χ3v) is 2.24. The van der Waals surface area contributed by atoms with E-state index in [-0.39, 0.29) is 0 Å². The Balaban J connectivity index is 2.76. The van der Waals surface area contributed by atoms with Crippen molar-refractivity contribution < 1.29 is 4.79 Å². The summed E-state index contributed by atoms with van der Waals surface area (Å²) in [6.07, 6.45) is 2.66. The maximum atomic E-state index is 10.4. The predicted octanol–water partition coefficient (Wildman–Crippen LogP) is 2.51. The van der Waals surface area contributed by atoms with Crippen molar-refractivity contribution in [3.63, 3.8) is 0 Å². The molecule has 1 amide bonds. The van der Waals surface area contributed by atoms with Crippen LogP contribution >= 0.6 is 27.5 Å². The van der Waals surface area contributed by atoms with Gasteiger partial charge in [0.2, 0.25) is 5.91 Å². The van der Waals surface area contributed by atoms with Crippen LogP contribution in [0, 0.1) is 0 Å². The summed E-state index contributed by atoms with van der Waals surface area (Å²) in [5.41, 5.74) is 5.62. The minimum Gasteiger partial charge on any atom is -0.366 e. The normalized spacial score (nSPS) is 10.4. The van der Waals surface area contributed by atoms with E-state index in [1.165, 1.54) is 12.3 Å². The molecule has 0 aliphatic carbocycles. The smallest absolute Gasteiger partial charge is 0.242 e. The zero-order valence-corrected chi connectivity index (χ0v) is 9.47. The summed E-state index contributed by atoms with van der Waals surface area (Å²) >= 11 is 9.18. The van der Waals surface area contributed by atoms with Crippen molar-refractivity contribution in [2.24, 2.45) is 5.73 Å². The van der Waals surface area contributed by atoms with Gasteiger partial charge in [0.15, 0.2) is 0 Å². The van der Waals surface area contributed by atoms with Crippen molar-refractivity contribution in [1.82, 2.24) is 0 Å². The van der Waals surface area contributed by atoms with Gasteiger partial charge in [0.05, 0.1) is 10.7 Å². The second kappa shape index (κ2) is 5.02. The molecular formula is C9H8BrClN2O. The molecule has 0 fully saturated rings. The number of carbonyl (C=O) groups excluding carboxylic acids is 1. The van der Waals surface area contributed by atoms with Crippen LogP contribution in [0.25, 0.3) is 0 Å². The highest BCUT2D eigenvalue weighted by Crippen LogP contribution is 2.25. The topological polar surface area (TPSA) is 55.1 Å². The molecule has 1 aromatic rings. The molecule has 0 spiro atoms. The molecule has 3 N–H and O–H groups in total. The number of nitrogens with two attached hydrogens (primary N) is 1. The number of anilines is 1. The first-order chi connectivity index (χ1) is 6.59. The summed E-state index contributed by atoms with van der Waals surface area (Å²) in [4.78, 5) is 10.4. The third-order valence-electron chi connectivity index (χ3n) is 1.41. The van der Waals surface area contributed by atoms with E-state index in [9.17, 15) is 4.79 Å². The minimum atomic E-state index is -0.511. The van der Waals surface area contributed by atoms with Gasteiger partial charge in [-0.15, -0.1) is 0 Å². The summed E-state index contributed by atoms with van der Waals surface area (Å²) in [5, 5.41) is 3.41. The molecule has 1 rings (SSSR count). The summed E-state index contributed by atoms with van der Waals surface area (Å²) in [6.45, 7) is 0. The lowest BCUT2D eigenvalue weighted by Gasteiger charge is -2.03. The molecule has 0 saturated carbocycles. The maximum Gasteiger partial charge on any atom is 0.242 e. The van der Waals surface area contributed by atoms with E-state index in [2.05, 4.69) is 21.2 Å². The molecule has 0 radical (unpaired) electrons. The fourth-order valence-electron chi connectivity index (χ4n) is 0.822. The highest BCUT2D eigenvalue weighted by atomic mass is 79.9. The van der Waals surface area contributed by atoms with Gasteiger partial charge < -0.3 is 11.1 Å². The Morgan fingerprint density at radius 1 is 1.57 bits per heavy atom. The second-order valence-electron chi connectivity index (χ2n) is 2.50.